The number of carbonyl (C=O) groups excluding carboxylic acids is 2. The van der Waals surface area contributed by atoms with Gasteiger partial charge in [-0.3, -0.25) is 14.4 Å². The Balaban J connectivity index is 1.20. The van der Waals surface area contributed by atoms with Crippen LogP contribution in [0.15, 0.2) is 72.8 Å². The van der Waals surface area contributed by atoms with Crippen molar-refractivity contribution in [3.63, 3.8) is 0 Å². The molecular weight excluding hydrogens is 470 g/mol. The number of carboxylic acid groups (broad SMARTS) is 1. The molecule has 4 N–H and O–H groups in total. The monoisotopic (exact) mass is 499 g/mol. The molecule has 5 rings (SSSR count). The van der Waals surface area contributed by atoms with Gasteiger partial charge in [-0.2, -0.15) is 0 Å². The number of aliphatic hydroxyl groups is 1. The number of aliphatic carboxylic acids is 1. The van der Waals surface area contributed by atoms with Crippen molar-refractivity contribution in [3.05, 3.63) is 95.1 Å². The number of hydrogen-bond acceptors (Lipinski definition) is 5. The summed E-state index contributed by atoms with van der Waals surface area (Å²) in [6.07, 6.45) is 1.62. The van der Waals surface area contributed by atoms with E-state index in [9.17, 15) is 24.6 Å². The number of amides is 2. The number of benzene rings is 3. The van der Waals surface area contributed by atoms with E-state index in [-0.39, 0.29) is 17.9 Å². The topological polar surface area (TPSA) is 119 Å². The first kappa shape index (κ1) is 24.5. The van der Waals surface area contributed by atoms with Crippen LogP contribution in [-0.4, -0.2) is 47.2 Å². The summed E-state index contributed by atoms with van der Waals surface area (Å²) in [5, 5.41) is 25.0. The molecule has 1 heterocycles. The molecule has 2 aliphatic rings. The fraction of sp³-hybridized carbons (Fsp3) is 0.276. The third-order valence-corrected chi connectivity index (χ3v) is 7.20. The standard InChI is InChI=1S/C29H29N3O5/c33-23-13-15-32(16-14-23)22-11-7-19(8-12-22)27(34)30-21-9-5-18(6-10-21)28(35)31-26-24-4-2-1-3-20(24)17-25(26)29(36)37/h1-12,23,25-26,33H,13-17H2,(H,30,34)(H,31,35)(H,36,37)/t25-,26+/m0/s1. The minimum absolute atomic E-state index is 0.236. The van der Waals surface area contributed by atoms with Gasteiger partial charge in [-0.15, -0.1) is 0 Å². The number of aliphatic hydroxyl groups excluding tert-OH is 1. The van der Waals surface area contributed by atoms with Crippen molar-refractivity contribution >= 4 is 29.2 Å². The number of carboxylic acids is 1. The van der Waals surface area contributed by atoms with Gasteiger partial charge in [0.05, 0.1) is 18.1 Å². The second kappa shape index (κ2) is 10.4. The molecule has 8 nitrogen and oxygen atoms in total. The van der Waals surface area contributed by atoms with Gasteiger partial charge in [-0.25, -0.2) is 0 Å². The first-order chi connectivity index (χ1) is 17.9. The molecular formula is C29H29N3O5. The van der Waals surface area contributed by atoms with Crippen molar-refractivity contribution in [2.75, 3.05) is 23.3 Å². The predicted molar refractivity (Wildman–Crippen MR) is 140 cm³/mol. The number of carbonyl (C=O) groups is 3. The number of nitrogens with one attached hydrogen (secondary N) is 2. The molecule has 1 aliphatic carbocycles. The summed E-state index contributed by atoms with van der Waals surface area (Å²) in [6.45, 7) is 1.58. The van der Waals surface area contributed by atoms with Crippen LogP contribution in [0.3, 0.4) is 0 Å². The molecule has 3 aromatic rings. The molecule has 0 radical (unpaired) electrons. The Kier molecular flexibility index (Phi) is 6.92. The van der Waals surface area contributed by atoms with E-state index in [1.807, 2.05) is 36.4 Å². The van der Waals surface area contributed by atoms with Crippen LogP contribution in [0.25, 0.3) is 0 Å². The lowest BCUT2D eigenvalue weighted by atomic mass is 10.00. The highest BCUT2D eigenvalue weighted by atomic mass is 16.4. The molecule has 1 saturated heterocycles. The second-order valence-electron chi connectivity index (χ2n) is 9.60. The molecule has 0 saturated carbocycles. The average Bonchev–Trinajstić information content (AvgIpc) is 3.28. The SMILES string of the molecule is O=C(Nc1ccc(C(=O)N[C@@H]2c3ccccc3C[C@@H]2C(=O)O)cc1)c1ccc(N2CCC(O)CC2)cc1. The van der Waals surface area contributed by atoms with Crippen LogP contribution in [0.2, 0.25) is 0 Å². The number of anilines is 2. The Morgan fingerprint density at radius 1 is 0.811 bits per heavy atom. The highest BCUT2D eigenvalue weighted by Crippen LogP contribution is 2.36. The Hall–Kier alpha value is -4.17. The van der Waals surface area contributed by atoms with E-state index >= 15 is 0 Å². The largest absolute Gasteiger partial charge is 0.481 e. The average molecular weight is 500 g/mol. The van der Waals surface area contributed by atoms with E-state index in [0.29, 0.717) is 23.2 Å². The van der Waals surface area contributed by atoms with Crippen molar-refractivity contribution in [2.24, 2.45) is 5.92 Å². The van der Waals surface area contributed by atoms with Crippen LogP contribution in [0.5, 0.6) is 0 Å². The molecule has 0 aromatic heterocycles. The van der Waals surface area contributed by atoms with Crippen LogP contribution in [0, 0.1) is 5.92 Å². The minimum Gasteiger partial charge on any atom is -0.481 e. The van der Waals surface area contributed by atoms with Gasteiger partial charge in [-0.1, -0.05) is 24.3 Å². The third kappa shape index (κ3) is 5.34. The van der Waals surface area contributed by atoms with E-state index in [2.05, 4.69) is 15.5 Å². The molecule has 2 atom stereocenters. The van der Waals surface area contributed by atoms with Gasteiger partial charge in [0, 0.05) is 35.6 Å². The summed E-state index contributed by atoms with van der Waals surface area (Å²) >= 11 is 0. The lowest BCUT2D eigenvalue weighted by molar-refractivity contribution is -0.142. The molecule has 1 aliphatic heterocycles. The maximum atomic E-state index is 12.9. The maximum absolute atomic E-state index is 12.9. The highest BCUT2D eigenvalue weighted by molar-refractivity contribution is 6.04. The summed E-state index contributed by atoms with van der Waals surface area (Å²) < 4.78 is 0. The van der Waals surface area contributed by atoms with Gasteiger partial charge in [-0.05, 0) is 78.9 Å². The lowest BCUT2D eigenvalue weighted by Crippen LogP contribution is -2.35. The highest BCUT2D eigenvalue weighted by Gasteiger charge is 2.38. The van der Waals surface area contributed by atoms with Crippen molar-refractivity contribution < 1.29 is 24.6 Å². The van der Waals surface area contributed by atoms with Gasteiger partial charge < -0.3 is 25.7 Å². The molecule has 0 spiro atoms. The summed E-state index contributed by atoms with van der Waals surface area (Å²) in [5.41, 5.74) is 4.22. The molecule has 0 unspecified atom stereocenters. The zero-order chi connectivity index (χ0) is 25.9. The molecule has 37 heavy (non-hydrogen) atoms. The summed E-state index contributed by atoms with van der Waals surface area (Å²) in [5.74, 6) is -2.29. The summed E-state index contributed by atoms with van der Waals surface area (Å²) in [6, 6.07) is 20.7. The van der Waals surface area contributed by atoms with Gasteiger partial charge in [0.2, 0.25) is 0 Å². The minimum atomic E-state index is -0.942. The Morgan fingerprint density at radius 2 is 1.43 bits per heavy atom. The summed E-state index contributed by atoms with van der Waals surface area (Å²) in [7, 11) is 0. The van der Waals surface area contributed by atoms with Crippen LogP contribution in [0.1, 0.15) is 50.7 Å². The number of hydrogen-bond donors (Lipinski definition) is 4. The quantitative estimate of drug-likeness (QED) is 0.411. The fourth-order valence-electron chi connectivity index (χ4n) is 5.08. The molecule has 190 valence electrons. The van der Waals surface area contributed by atoms with E-state index in [4.69, 9.17) is 0 Å². The third-order valence-electron chi connectivity index (χ3n) is 7.20. The van der Waals surface area contributed by atoms with Crippen molar-refractivity contribution in [3.8, 4) is 0 Å². The summed E-state index contributed by atoms with van der Waals surface area (Å²) in [4.78, 5) is 39.6. The van der Waals surface area contributed by atoms with E-state index in [1.54, 1.807) is 36.4 Å². The van der Waals surface area contributed by atoms with Crippen molar-refractivity contribution in [2.45, 2.75) is 31.4 Å². The van der Waals surface area contributed by atoms with Crippen LogP contribution in [0.4, 0.5) is 11.4 Å². The molecule has 2 amide bonds. The lowest BCUT2D eigenvalue weighted by Gasteiger charge is -2.31. The van der Waals surface area contributed by atoms with E-state index in [1.165, 1.54) is 0 Å². The first-order valence-electron chi connectivity index (χ1n) is 12.4. The zero-order valence-corrected chi connectivity index (χ0v) is 20.3. The van der Waals surface area contributed by atoms with Gasteiger partial charge in [0.1, 0.15) is 0 Å². The van der Waals surface area contributed by atoms with Gasteiger partial charge >= 0.3 is 5.97 Å². The Morgan fingerprint density at radius 3 is 2.11 bits per heavy atom. The molecule has 3 aromatic carbocycles. The van der Waals surface area contributed by atoms with E-state index in [0.717, 1.165) is 42.7 Å². The van der Waals surface area contributed by atoms with Crippen molar-refractivity contribution in [1.29, 1.82) is 0 Å². The number of rotatable bonds is 6. The second-order valence-corrected chi connectivity index (χ2v) is 9.60. The molecule has 8 heteroatoms. The Labute approximate surface area is 214 Å². The number of piperidine rings is 1. The molecule has 1 fully saturated rings. The van der Waals surface area contributed by atoms with Crippen LogP contribution in [-0.2, 0) is 11.2 Å². The van der Waals surface area contributed by atoms with Gasteiger partial charge in [0.15, 0.2) is 0 Å². The van der Waals surface area contributed by atoms with Crippen LogP contribution < -0.4 is 15.5 Å². The molecule has 0 bridgehead atoms. The van der Waals surface area contributed by atoms with E-state index < -0.39 is 17.9 Å². The Bertz CT molecular complexity index is 1300. The fourth-order valence-corrected chi connectivity index (χ4v) is 5.08. The number of nitrogens with zero attached hydrogens (tertiary/aromatic N) is 1. The maximum Gasteiger partial charge on any atom is 0.309 e. The smallest absolute Gasteiger partial charge is 0.309 e. The first-order valence-corrected chi connectivity index (χ1v) is 12.4. The van der Waals surface area contributed by atoms with Crippen molar-refractivity contribution in [1.82, 2.24) is 5.32 Å². The van der Waals surface area contributed by atoms with Crippen LogP contribution >= 0.6 is 0 Å². The number of fused-ring (bicyclic) bond motifs is 1. The zero-order valence-electron chi connectivity index (χ0n) is 20.3. The van der Waals surface area contributed by atoms with Gasteiger partial charge in [0.25, 0.3) is 11.8 Å². The predicted octanol–water partition coefficient (Wildman–Crippen LogP) is 3.63. The normalized spacial score (nSPS) is 19.2.